The zero-order chi connectivity index (χ0) is 18.8. The molecule has 0 bridgehead atoms. The Morgan fingerprint density at radius 2 is 2.00 bits per heavy atom. The molecule has 1 fully saturated rings. The molecule has 0 amide bonds. The second kappa shape index (κ2) is 7.56. The van der Waals surface area contributed by atoms with E-state index in [0.29, 0.717) is 17.2 Å². The Morgan fingerprint density at radius 3 is 2.74 bits per heavy atom. The van der Waals surface area contributed by atoms with Crippen LogP contribution in [0.3, 0.4) is 0 Å². The Kier molecular flexibility index (Phi) is 4.99. The summed E-state index contributed by atoms with van der Waals surface area (Å²) in [5.74, 6) is 1.84. The fourth-order valence-electron chi connectivity index (χ4n) is 3.09. The van der Waals surface area contributed by atoms with Gasteiger partial charge in [0.25, 0.3) is 0 Å². The Balaban J connectivity index is 1.65. The minimum Gasteiger partial charge on any atom is -0.465 e. The smallest absolute Gasteiger partial charge is 0.338 e. The van der Waals surface area contributed by atoms with E-state index in [4.69, 9.17) is 4.74 Å². The molecule has 0 aliphatic heterocycles. The van der Waals surface area contributed by atoms with Gasteiger partial charge < -0.3 is 4.74 Å². The molecule has 6 heteroatoms. The van der Waals surface area contributed by atoms with Crippen LogP contribution in [0.2, 0.25) is 0 Å². The normalized spacial score (nSPS) is 13.6. The molecule has 4 rings (SSSR count). The quantitative estimate of drug-likeness (QED) is 0.465. The molecule has 1 heterocycles. The zero-order valence-corrected chi connectivity index (χ0v) is 16.2. The van der Waals surface area contributed by atoms with Gasteiger partial charge >= 0.3 is 5.97 Å². The third-order valence-electron chi connectivity index (χ3n) is 4.64. The Labute approximate surface area is 162 Å². The number of nitrogens with zero attached hydrogens (tertiary/aromatic N) is 3. The lowest BCUT2D eigenvalue weighted by Crippen LogP contribution is -2.05. The van der Waals surface area contributed by atoms with Crippen LogP contribution >= 0.6 is 11.8 Å². The fraction of sp³-hybridized carbons (Fsp3) is 0.286. The van der Waals surface area contributed by atoms with E-state index in [-0.39, 0.29) is 5.97 Å². The number of methoxy groups -OCH3 is 1. The topological polar surface area (TPSA) is 57.0 Å². The summed E-state index contributed by atoms with van der Waals surface area (Å²) in [5, 5.41) is 9.77. The number of aryl methyl sites for hydroxylation is 1. The predicted octanol–water partition coefficient (Wildman–Crippen LogP) is 4.53. The monoisotopic (exact) mass is 379 g/mol. The summed E-state index contributed by atoms with van der Waals surface area (Å²) in [5.41, 5.74) is 3.82. The van der Waals surface area contributed by atoms with Crippen molar-refractivity contribution in [2.45, 2.75) is 36.6 Å². The molecule has 2 aromatic carbocycles. The van der Waals surface area contributed by atoms with Gasteiger partial charge in [0.2, 0.25) is 0 Å². The SMILES string of the molecule is COC(=O)c1ccccc1CSc1nnc(C2CC2)n1-c1cccc(C)c1. The van der Waals surface area contributed by atoms with E-state index < -0.39 is 0 Å². The van der Waals surface area contributed by atoms with Crippen molar-refractivity contribution in [3.05, 3.63) is 71.0 Å². The van der Waals surface area contributed by atoms with Crippen molar-refractivity contribution in [2.75, 3.05) is 7.11 Å². The maximum absolute atomic E-state index is 12.0. The number of rotatable bonds is 6. The molecule has 1 aromatic heterocycles. The molecule has 5 nitrogen and oxygen atoms in total. The van der Waals surface area contributed by atoms with Crippen LogP contribution in [0.1, 0.15) is 46.1 Å². The lowest BCUT2D eigenvalue weighted by atomic mass is 10.1. The van der Waals surface area contributed by atoms with Gasteiger partial charge in [0, 0.05) is 17.4 Å². The third kappa shape index (κ3) is 3.76. The highest BCUT2D eigenvalue weighted by atomic mass is 32.2. The Morgan fingerprint density at radius 1 is 1.19 bits per heavy atom. The minimum atomic E-state index is -0.315. The molecule has 0 spiro atoms. The molecular formula is C21H21N3O2S. The van der Waals surface area contributed by atoms with Gasteiger partial charge in [-0.3, -0.25) is 4.57 Å². The van der Waals surface area contributed by atoms with E-state index >= 15 is 0 Å². The average molecular weight is 379 g/mol. The van der Waals surface area contributed by atoms with E-state index in [2.05, 4.69) is 46.0 Å². The van der Waals surface area contributed by atoms with Gasteiger partial charge in [-0.2, -0.15) is 0 Å². The van der Waals surface area contributed by atoms with Crippen LogP contribution in [0.15, 0.2) is 53.7 Å². The first kappa shape index (κ1) is 17.8. The average Bonchev–Trinajstić information content (AvgIpc) is 3.45. The van der Waals surface area contributed by atoms with Crippen LogP contribution in [-0.2, 0) is 10.5 Å². The number of esters is 1. The van der Waals surface area contributed by atoms with Crippen LogP contribution in [-0.4, -0.2) is 27.8 Å². The zero-order valence-electron chi connectivity index (χ0n) is 15.4. The molecule has 0 radical (unpaired) electrons. The second-order valence-electron chi connectivity index (χ2n) is 6.73. The third-order valence-corrected chi connectivity index (χ3v) is 5.62. The number of carbonyl (C=O) groups is 1. The summed E-state index contributed by atoms with van der Waals surface area (Å²) in [6.45, 7) is 2.09. The van der Waals surface area contributed by atoms with E-state index in [0.717, 1.165) is 22.2 Å². The molecule has 1 aliphatic rings. The first-order valence-electron chi connectivity index (χ1n) is 8.98. The van der Waals surface area contributed by atoms with Crippen molar-refractivity contribution in [3.8, 4) is 5.69 Å². The maximum Gasteiger partial charge on any atom is 0.338 e. The van der Waals surface area contributed by atoms with Crippen LogP contribution in [0.25, 0.3) is 5.69 Å². The molecule has 27 heavy (non-hydrogen) atoms. The number of thioether (sulfide) groups is 1. The highest BCUT2D eigenvalue weighted by Crippen LogP contribution is 2.41. The fourth-order valence-corrected chi connectivity index (χ4v) is 4.05. The summed E-state index contributed by atoms with van der Waals surface area (Å²) in [7, 11) is 1.41. The minimum absolute atomic E-state index is 0.315. The van der Waals surface area contributed by atoms with Crippen LogP contribution in [0.5, 0.6) is 0 Å². The molecule has 0 atom stereocenters. The summed E-state index contributed by atoms with van der Waals surface area (Å²) in [6, 6.07) is 15.9. The largest absolute Gasteiger partial charge is 0.465 e. The first-order valence-corrected chi connectivity index (χ1v) is 9.97. The Bertz CT molecular complexity index is 979. The van der Waals surface area contributed by atoms with Gasteiger partial charge in [0.15, 0.2) is 5.16 Å². The standard InChI is InChI=1S/C21H21N3O2S/c1-14-6-5-8-17(12-14)24-19(15-10-11-15)22-23-21(24)27-13-16-7-3-4-9-18(16)20(25)26-2/h3-9,12,15H,10-11,13H2,1-2H3. The summed E-state index contributed by atoms with van der Waals surface area (Å²) in [4.78, 5) is 12.0. The Hall–Kier alpha value is -2.60. The van der Waals surface area contributed by atoms with Gasteiger partial charge in [-0.15, -0.1) is 10.2 Å². The van der Waals surface area contributed by atoms with Crippen LogP contribution < -0.4 is 0 Å². The first-order chi connectivity index (χ1) is 13.2. The number of aromatic nitrogens is 3. The lowest BCUT2D eigenvalue weighted by Gasteiger charge is -2.11. The second-order valence-corrected chi connectivity index (χ2v) is 7.67. The highest BCUT2D eigenvalue weighted by Gasteiger charge is 2.31. The van der Waals surface area contributed by atoms with Crippen molar-refractivity contribution in [1.82, 2.24) is 14.8 Å². The van der Waals surface area contributed by atoms with E-state index in [1.165, 1.54) is 25.5 Å². The van der Waals surface area contributed by atoms with Gasteiger partial charge in [-0.25, -0.2) is 4.79 Å². The molecule has 0 N–H and O–H groups in total. The van der Waals surface area contributed by atoms with Gasteiger partial charge in [0.1, 0.15) is 5.82 Å². The van der Waals surface area contributed by atoms with E-state index in [9.17, 15) is 4.79 Å². The summed E-state index contributed by atoms with van der Waals surface area (Å²) >= 11 is 1.59. The number of ether oxygens (including phenoxy) is 1. The number of carbonyl (C=O) groups excluding carboxylic acids is 1. The summed E-state index contributed by atoms with van der Waals surface area (Å²) in [6.07, 6.45) is 2.33. The van der Waals surface area contributed by atoms with Crippen molar-refractivity contribution in [2.24, 2.45) is 0 Å². The van der Waals surface area contributed by atoms with Crippen molar-refractivity contribution in [1.29, 1.82) is 0 Å². The number of hydrogen-bond donors (Lipinski definition) is 0. The van der Waals surface area contributed by atoms with Gasteiger partial charge in [0.05, 0.1) is 12.7 Å². The summed E-state index contributed by atoms with van der Waals surface area (Å²) < 4.78 is 7.06. The molecule has 3 aromatic rings. The molecule has 1 aliphatic carbocycles. The van der Waals surface area contributed by atoms with Gasteiger partial charge in [-0.05, 0) is 49.1 Å². The number of benzene rings is 2. The van der Waals surface area contributed by atoms with Crippen molar-refractivity contribution >= 4 is 17.7 Å². The van der Waals surface area contributed by atoms with Crippen LogP contribution in [0, 0.1) is 6.92 Å². The van der Waals surface area contributed by atoms with E-state index in [1.807, 2.05) is 18.2 Å². The molecule has 138 valence electrons. The van der Waals surface area contributed by atoms with Crippen molar-refractivity contribution in [3.63, 3.8) is 0 Å². The van der Waals surface area contributed by atoms with Crippen LogP contribution in [0.4, 0.5) is 0 Å². The number of hydrogen-bond acceptors (Lipinski definition) is 5. The molecular weight excluding hydrogens is 358 g/mol. The highest BCUT2D eigenvalue weighted by molar-refractivity contribution is 7.98. The van der Waals surface area contributed by atoms with Crippen molar-refractivity contribution < 1.29 is 9.53 Å². The maximum atomic E-state index is 12.0. The predicted molar refractivity (Wildman–Crippen MR) is 105 cm³/mol. The molecule has 0 unspecified atom stereocenters. The molecule has 1 saturated carbocycles. The molecule has 0 saturated heterocycles. The lowest BCUT2D eigenvalue weighted by molar-refractivity contribution is 0.0600. The van der Waals surface area contributed by atoms with Gasteiger partial charge in [-0.1, -0.05) is 42.1 Å². The van der Waals surface area contributed by atoms with E-state index in [1.54, 1.807) is 17.8 Å².